The Labute approximate surface area is 416 Å². The van der Waals surface area contributed by atoms with E-state index in [1.165, 1.54) is 5.06 Å². The molecule has 0 bridgehead atoms. The number of benzene rings is 2. The summed E-state index contributed by atoms with van der Waals surface area (Å²) in [7, 11) is 6.56. The number of hydroxylamine groups is 2. The molecule has 71 heavy (non-hydrogen) atoms. The van der Waals surface area contributed by atoms with E-state index >= 15 is 0 Å². The van der Waals surface area contributed by atoms with Gasteiger partial charge in [-0.15, -0.1) is 0 Å². The minimum Gasteiger partial charge on any atom is -0.475 e. The third-order valence-electron chi connectivity index (χ3n) is 13.2. The minimum atomic E-state index is -5.08. The first-order valence-electron chi connectivity index (χ1n) is 24.3. The van der Waals surface area contributed by atoms with Crippen molar-refractivity contribution in [2.24, 2.45) is 23.7 Å². The molecule has 11 atom stereocenters. The van der Waals surface area contributed by atoms with Gasteiger partial charge in [-0.2, -0.15) is 13.2 Å². The van der Waals surface area contributed by atoms with Crippen molar-refractivity contribution in [1.29, 1.82) is 0 Å². The van der Waals surface area contributed by atoms with Crippen LogP contribution in [0.3, 0.4) is 0 Å². The molecule has 20 heteroatoms. The average molecular weight is 1010 g/mol. The van der Waals surface area contributed by atoms with Crippen molar-refractivity contribution in [3.63, 3.8) is 0 Å². The van der Waals surface area contributed by atoms with Crippen molar-refractivity contribution < 1.29 is 66.1 Å². The van der Waals surface area contributed by atoms with Gasteiger partial charge in [0.05, 0.1) is 49.4 Å². The SMILES string of the molecule is CC[C@H](C)[C@@H]([C@@H](CC(=O)C1CC[C@@H]([C@H](OC)[C@@H](C)C(=O)N[C@@H](Cc2ccccc2)C(=O)N2CC(OCc3ccccc3)CO2)N1)OC)N(C)C(=O)[C@@H](NC(=O)[C@@H](NC)C(C)C)C(C)C.O=C(O)C(F)(F)F. The molecule has 0 saturated carbocycles. The van der Waals surface area contributed by atoms with E-state index in [-0.39, 0.29) is 85.3 Å². The van der Waals surface area contributed by atoms with Crippen LogP contribution in [0.2, 0.25) is 0 Å². The van der Waals surface area contributed by atoms with Gasteiger partial charge in [-0.25, -0.2) is 9.86 Å². The number of hydrogen-bond donors (Lipinski definition) is 5. The number of nitrogens with zero attached hydrogens (tertiary/aromatic N) is 2. The Balaban J connectivity index is 0.00000176. The molecule has 0 aromatic heterocycles. The molecule has 398 valence electrons. The van der Waals surface area contributed by atoms with Gasteiger partial charge < -0.3 is 45.5 Å². The van der Waals surface area contributed by atoms with E-state index in [1.54, 1.807) is 40.1 Å². The number of methoxy groups -OCH3 is 2. The topological polar surface area (TPSA) is 214 Å². The van der Waals surface area contributed by atoms with Crippen LogP contribution >= 0.6 is 0 Å². The van der Waals surface area contributed by atoms with Gasteiger partial charge >= 0.3 is 12.1 Å². The third-order valence-corrected chi connectivity index (χ3v) is 13.2. The van der Waals surface area contributed by atoms with Crippen LogP contribution in [-0.2, 0) is 60.8 Å². The van der Waals surface area contributed by atoms with Gasteiger partial charge in [-0.3, -0.25) is 28.8 Å². The number of likely N-dealkylation sites (N-methyl/N-ethyl adjacent to an activating group) is 2. The molecule has 4 amide bonds. The van der Waals surface area contributed by atoms with Crippen LogP contribution in [0.4, 0.5) is 13.2 Å². The van der Waals surface area contributed by atoms with Gasteiger partial charge in [0.2, 0.25) is 17.7 Å². The number of ketones is 1. The molecule has 2 aliphatic rings. The maximum atomic E-state index is 14.2. The van der Waals surface area contributed by atoms with Crippen LogP contribution in [0.5, 0.6) is 0 Å². The van der Waals surface area contributed by atoms with Crippen molar-refractivity contribution >= 4 is 35.4 Å². The summed E-state index contributed by atoms with van der Waals surface area (Å²) in [6, 6.07) is 15.8. The molecule has 17 nitrogen and oxygen atoms in total. The summed E-state index contributed by atoms with van der Waals surface area (Å²) in [5, 5.41) is 20.9. The molecule has 0 aliphatic carbocycles. The number of carbonyl (C=O) groups excluding carboxylic acids is 5. The lowest BCUT2D eigenvalue weighted by molar-refractivity contribution is -0.192. The number of carboxylic acids is 1. The number of amides is 4. The zero-order chi connectivity index (χ0) is 53.2. The summed E-state index contributed by atoms with van der Waals surface area (Å²) < 4.78 is 49.8. The molecule has 2 unspecified atom stereocenters. The number of rotatable bonds is 25. The Morgan fingerprint density at radius 1 is 0.859 bits per heavy atom. The average Bonchev–Trinajstić information content (AvgIpc) is 4.03. The van der Waals surface area contributed by atoms with Gasteiger partial charge in [0.1, 0.15) is 24.8 Å². The maximum absolute atomic E-state index is 14.2. The lowest BCUT2D eigenvalue weighted by Gasteiger charge is -2.40. The van der Waals surface area contributed by atoms with Crippen LogP contribution in [0.25, 0.3) is 0 Å². The van der Waals surface area contributed by atoms with Crippen molar-refractivity contribution in [2.75, 3.05) is 41.5 Å². The van der Waals surface area contributed by atoms with E-state index in [2.05, 4.69) is 21.3 Å². The fraction of sp³-hybridized carbons (Fsp3) is 0.647. The maximum Gasteiger partial charge on any atom is 0.490 e. The number of carbonyl (C=O) groups is 6. The van der Waals surface area contributed by atoms with Crippen LogP contribution < -0.4 is 21.3 Å². The molecule has 2 heterocycles. The smallest absolute Gasteiger partial charge is 0.475 e. The summed E-state index contributed by atoms with van der Waals surface area (Å²) in [6.07, 6.45) is -4.49. The predicted octanol–water partition coefficient (Wildman–Crippen LogP) is 4.71. The molecule has 5 N–H and O–H groups in total. The van der Waals surface area contributed by atoms with Gasteiger partial charge in [-0.1, -0.05) is 116 Å². The molecule has 2 aliphatic heterocycles. The van der Waals surface area contributed by atoms with E-state index in [9.17, 15) is 37.1 Å². The number of nitrogens with one attached hydrogen (secondary N) is 4. The fourth-order valence-corrected chi connectivity index (χ4v) is 9.00. The van der Waals surface area contributed by atoms with E-state index in [1.807, 2.05) is 102 Å². The quantitative estimate of drug-likeness (QED) is 0.0913. The monoisotopic (exact) mass is 1010 g/mol. The zero-order valence-corrected chi connectivity index (χ0v) is 43.0. The second kappa shape index (κ2) is 28.9. The largest absolute Gasteiger partial charge is 0.490 e. The van der Waals surface area contributed by atoms with Gasteiger partial charge in [0.15, 0.2) is 5.78 Å². The summed E-state index contributed by atoms with van der Waals surface area (Å²) in [5.74, 6) is -4.92. The first-order valence-corrected chi connectivity index (χ1v) is 24.3. The molecule has 0 spiro atoms. The highest BCUT2D eigenvalue weighted by Gasteiger charge is 2.43. The normalized spacial score (nSPS) is 20.4. The number of halogens is 3. The number of aliphatic carboxylic acids is 1. The second-order valence-corrected chi connectivity index (χ2v) is 19.1. The lowest BCUT2D eigenvalue weighted by Crippen LogP contribution is -2.59. The first kappa shape index (κ1) is 60.3. The molecular weight excluding hydrogens is 930 g/mol. The van der Waals surface area contributed by atoms with Gasteiger partial charge in [-0.05, 0) is 48.8 Å². The zero-order valence-electron chi connectivity index (χ0n) is 43.0. The van der Waals surface area contributed by atoms with Crippen LogP contribution in [0.1, 0.15) is 85.3 Å². The Bertz CT molecular complexity index is 2000. The second-order valence-electron chi connectivity index (χ2n) is 19.1. The molecule has 2 aromatic carbocycles. The fourth-order valence-electron chi connectivity index (χ4n) is 9.00. The number of ether oxygens (including phenoxy) is 3. The molecule has 0 radical (unpaired) electrons. The summed E-state index contributed by atoms with van der Waals surface area (Å²) in [4.78, 5) is 86.0. The van der Waals surface area contributed by atoms with E-state index in [0.29, 0.717) is 19.4 Å². The minimum absolute atomic E-state index is 0.0228. The molecule has 2 fully saturated rings. The highest BCUT2D eigenvalue weighted by Crippen LogP contribution is 2.28. The summed E-state index contributed by atoms with van der Waals surface area (Å²) in [5.41, 5.74) is 1.90. The highest BCUT2D eigenvalue weighted by molar-refractivity contribution is 5.91. The molecular formula is C51H77F3N6O11. The molecule has 4 rings (SSSR count). The number of Topliss-reactive ketones (excluding diaryl/α,β-unsaturated/α-hetero) is 1. The summed E-state index contributed by atoms with van der Waals surface area (Å²) >= 11 is 0. The van der Waals surface area contributed by atoms with Crippen molar-refractivity contribution in [3.05, 3.63) is 71.8 Å². The van der Waals surface area contributed by atoms with Crippen molar-refractivity contribution in [2.45, 2.75) is 148 Å². The van der Waals surface area contributed by atoms with Crippen LogP contribution in [-0.4, -0.2) is 153 Å². The molecule has 2 saturated heterocycles. The third kappa shape index (κ3) is 17.9. The Morgan fingerprint density at radius 2 is 1.44 bits per heavy atom. The first-order chi connectivity index (χ1) is 33.5. The standard InChI is InChI=1S/C49H76N6O9.C2HF3O2/c1-12-32(6)44(54(9)49(60)43(31(4)5)53-47(58)42(50-8)30(2)3)41(61-10)26-40(56)37-23-24-38(51-37)45(62-11)33(7)46(57)52-39(25-34-19-15-13-16-20-34)48(59)55-27-36(29-64-55)63-28-35-21-17-14-18-22-35;3-2(4,5)1(6)7/h13-22,30-33,36-39,41-45,50-51H,12,23-29H2,1-11H3,(H,52,57)(H,53,58);(H,6,7)/t32-,33+,36?,37?,38-,39-,41+,42-,43-,44-,45+;/m0./s1. The predicted molar refractivity (Wildman–Crippen MR) is 259 cm³/mol. The van der Waals surface area contributed by atoms with Gasteiger partial charge in [0.25, 0.3) is 5.91 Å². The van der Waals surface area contributed by atoms with Crippen molar-refractivity contribution in [3.8, 4) is 0 Å². The Hall–Kier alpha value is -4.99. The van der Waals surface area contributed by atoms with E-state index < -0.39 is 60.5 Å². The lowest BCUT2D eigenvalue weighted by atomic mass is 9.88. The van der Waals surface area contributed by atoms with Crippen LogP contribution in [0.15, 0.2) is 60.7 Å². The van der Waals surface area contributed by atoms with Crippen molar-refractivity contribution in [1.82, 2.24) is 31.2 Å². The Kier molecular flexibility index (Phi) is 24.5. The van der Waals surface area contributed by atoms with E-state index in [4.69, 9.17) is 28.9 Å². The summed E-state index contributed by atoms with van der Waals surface area (Å²) in [6.45, 7) is 14.4. The number of carboxylic acid groups (broad SMARTS) is 1. The van der Waals surface area contributed by atoms with E-state index in [0.717, 1.165) is 17.5 Å². The van der Waals surface area contributed by atoms with Crippen LogP contribution in [0, 0.1) is 23.7 Å². The number of alkyl halides is 3. The Morgan fingerprint density at radius 3 is 1.94 bits per heavy atom. The molecule has 2 aromatic rings. The van der Waals surface area contributed by atoms with Gasteiger partial charge in [0, 0.05) is 40.2 Å². The highest BCUT2D eigenvalue weighted by atomic mass is 19.4. The number of hydrogen-bond acceptors (Lipinski definition) is 12.